The van der Waals surface area contributed by atoms with E-state index in [-0.39, 0.29) is 6.61 Å². The zero-order valence-electron chi connectivity index (χ0n) is 11.1. The molecule has 2 rings (SSSR count). The maximum Gasteiger partial charge on any atom is 0.129 e. The van der Waals surface area contributed by atoms with Crippen LogP contribution in [-0.4, -0.2) is 23.3 Å². The minimum Gasteiger partial charge on any atom is -0.491 e. The van der Waals surface area contributed by atoms with Gasteiger partial charge in [-0.15, -0.1) is 0 Å². The topological polar surface area (TPSA) is 54.4 Å². The van der Waals surface area contributed by atoms with Crippen molar-refractivity contribution in [3.63, 3.8) is 0 Å². The summed E-state index contributed by atoms with van der Waals surface area (Å²) in [4.78, 5) is 4.04. The van der Waals surface area contributed by atoms with Crippen LogP contribution in [0.1, 0.15) is 11.1 Å². The fraction of sp³-hybridized carbons (Fsp3) is 0.267. The van der Waals surface area contributed by atoms with Gasteiger partial charge in [0.25, 0.3) is 0 Å². The molecular weight excluding hydrogens is 276 g/mol. The van der Waals surface area contributed by atoms with Gasteiger partial charge in [-0.05, 0) is 17.7 Å². The molecule has 0 aliphatic rings. The highest BCUT2D eigenvalue weighted by atomic mass is 35.5. The minimum atomic E-state index is 0.0121. The Labute approximate surface area is 123 Å². The molecule has 2 aromatic rings. The van der Waals surface area contributed by atoms with Crippen molar-refractivity contribution in [2.45, 2.75) is 13.1 Å². The highest BCUT2D eigenvalue weighted by molar-refractivity contribution is 6.29. The van der Waals surface area contributed by atoms with Crippen LogP contribution in [0.3, 0.4) is 0 Å². The summed E-state index contributed by atoms with van der Waals surface area (Å²) in [7, 11) is 0. The van der Waals surface area contributed by atoms with Crippen LogP contribution < -0.4 is 10.1 Å². The van der Waals surface area contributed by atoms with E-state index in [1.165, 1.54) is 0 Å². The Bertz CT molecular complexity index is 532. The average molecular weight is 293 g/mol. The molecule has 0 bridgehead atoms. The van der Waals surface area contributed by atoms with Crippen molar-refractivity contribution in [2.24, 2.45) is 0 Å². The zero-order valence-corrected chi connectivity index (χ0v) is 11.8. The Kier molecular flexibility index (Phi) is 5.80. The summed E-state index contributed by atoms with van der Waals surface area (Å²) in [6.07, 6.45) is 1.75. The Balaban J connectivity index is 1.88. The van der Waals surface area contributed by atoms with Gasteiger partial charge in [-0.1, -0.05) is 35.9 Å². The van der Waals surface area contributed by atoms with Gasteiger partial charge in [-0.3, -0.25) is 0 Å². The van der Waals surface area contributed by atoms with Crippen molar-refractivity contribution in [1.82, 2.24) is 10.3 Å². The number of hydrogen-bond acceptors (Lipinski definition) is 4. The van der Waals surface area contributed by atoms with Crippen LogP contribution in [0, 0.1) is 0 Å². The molecule has 0 spiro atoms. The van der Waals surface area contributed by atoms with Crippen molar-refractivity contribution in [2.75, 3.05) is 13.2 Å². The molecule has 0 aliphatic heterocycles. The molecule has 0 radical (unpaired) electrons. The van der Waals surface area contributed by atoms with Gasteiger partial charge >= 0.3 is 0 Å². The lowest BCUT2D eigenvalue weighted by Gasteiger charge is -2.11. The first-order valence-corrected chi connectivity index (χ1v) is 6.80. The van der Waals surface area contributed by atoms with Gasteiger partial charge in [0.15, 0.2) is 0 Å². The number of aliphatic hydroxyl groups excluding tert-OH is 1. The van der Waals surface area contributed by atoms with E-state index in [4.69, 9.17) is 21.4 Å². The van der Waals surface area contributed by atoms with Crippen LogP contribution in [0.15, 0.2) is 42.6 Å². The van der Waals surface area contributed by atoms with E-state index in [2.05, 4.69) is 10.3 Å². The maximum absolute atomic E-state index is 8.81. The van der Waals surface area contributed by atoms with E-state index in [1.54, 1.807) is 12.3 Å². The molecule has 2 N–H and O–H groups in total. The van der Waals surface area contributed by atoms with Crippen LogP contribution in [0.2, 0.25) is 5.15 Å². The van der Waals surface area contributed by atoms with Crippen molar-refractivity contribution in [1.29, 1.82) is 0 Å². The van der Waals surface area contributed by atoms with Gasteiger partial charge in [0, 0.05) is 24.8 Å². The number of pyridine rings is 1. The summed E-state index contributed by atoms with van der Waals surface area (Å²) >= 11 is 5.74. The lowest BCUT2D eigenvalue weighted by atomic mass is 10.2. The number of ether oxygens (including phenoxy) is 1. The molecule has 0 atom stereocenters. The molecule has 1 aromatic carbocycles. The minimum absolute atomic E-state index is 0.0121. The van der Waals surface area contributed by atoms with Crippen LogP contribution in [-0.2, 0) is 13.1 Å². The first-order valence-electron chi connectivity index (χ1n) is 6.42. The van der Waals surface area contributed by atoms with E-state index >= 15 is 0 Å². The van der Waals surface area contributed by atoms with Gasteiger partial charge in [0.05, 0.1) is 6.61 Å². The summed E-state index contributed by atoms with van der Waals surface area (Å²) in [6, 6.07) is 11.5. The lowest BCUT2D eigenvalue weighted by molar-refractivity contribution is 0.200. The van der Waals surface area contributed by atoms with Crippen LogP contribution >= 0.6 is 11.6 Å². The molecule has 0 saturated carbocycles. The standard InChI is InChI=1S/C15H17ClN2O2/c16-15-6-5-12(10-18-15)9-17-11-13-3-1-2-4-14(13)20-8-7-19/h1-6,10,17,19H,7-9,11H2. The highest BCUT2D eigenvalue weighted by Gasteiger charge is 2.02. The molecule has 0 amide bonds. The summed E-state index contributed by atoms with van der Waals surface area (Å²) in [6.45, 7) is 1.71. The van der Waals surface area contributed by atoms with Crippen molar-refractivity contribution in [3.8, 4) is 5.75 Å². The van der Waals surface area contributed by atoms with Crippen molar-refractivity contribution < 1.29 is 9.84 Å². The Morgan fingerprint density at radius 1 is 1.15 bits per heavy atom. The SMILES string of the molecule is OCCOc1ccccc1CNCc1ccc(Cl)nc1. The third kappa shape index (κ3) is 4.49. The fourth-order valence-corrected chi connectivity index (χ4v) is 1.91. The number of rotatable bonds is 7. The molecule has 106 valence electrons. The molecular formula is C15H17ClN2O2. The van der Waals surface area contributed by atoms with E-state index in [9.17, 15) is 0 Å². The summed E-state index contributed by atoms with van der Waals surface area (Å²) in [5.41, 5.74) is 2.13. The molecule has 1 aromatic heterocycles. The number of para-hydroxylation sites is 1. The number of nitrogens with zero attached hydrogens (tertiary/aromatic N) is 1. The summed E-state index contributed by atoms with van der Waals surface area (Å²) < 4.78 is 5.48. The number of aromatic nitrogens is 1. The normalized spacial score (nSPS) is 10.5. The first kappa shape index (κ1) is 14.8. The van der Waals surface area contributed by atoms with Gasteiger partial charge in [0.1, 0.15) is 17.5 Å². The zero-order chi connectivity index (χ0) is 14.2. The Hall–Kier alpha value is -1.62. The number of hydrogen-bond donors (Lipinski definition) is 2. The van der Waals surface area contributed by atoms with Crippen LogP contribution in [0.25, 0.3) is 0 Å². The number of aliphatic hydroxyl groups is 1. The number of nitrogens with one attached hydrogen (secondary N) is 1. The second kappa shape index (κ2) is 7.85. The van der Waals surface area contributed by atoms with E-state index in [1.807, 2.05) is 30.3 Å². The monoisotopic (exact) mass is 292 g/mol. The van der Waals surface area contributed by atoms with Gasteiger partial charge < -0.3 is 15.2 Å². The molecule has 1 heterocycles. The van der Waals surface area contributed by atoms with Crippen molar-refractivity contribution >= 4 is 11.6 Å². The number of benzene rings is 1. The van der Waals surface area contributed by atoms with Crippen LogP contribution in [0.4, 0.5) is 0 Å². The van der Waals surface area contributed by atoms with E-state index < -0.39 is 0 Å². The third-order valence-corrected chi connectivity index (χ3v) is 2.98. The Morgan fingerprint density at radius 2 is 2.00 bits per heavy atom. The molecule has 20 heavy (non-hydrogen) atoms. The second-order valence-electron chi connectivity index (χ2n) is 4.27. The second-order valence-corrected chi connectivity index (χ2v) is 4.66. The van der Waals surface area contributed by atoms with E-state index in [0.717, 1.165) is 16.9 Å². The molecule has 0 fully saturated rings. The molecule has 0 saturated heterocycles. The fourth-order valence-electron chi connectivity index (χ4n) is 1.80. The van der Waals surface area contributed by atoms with Gasteiger partial charge in [-0.2, -0.15) is 0 Å². The number of halogens is 1. The average Bonchev–Trinajstić information content (AvgIpc) is 2.48. The van der Waals surface area contributed by atoms with Gasteiger partial charge in [-0.25, -0.2) is 4.98 Å². The van der Waals surface area contributed by atoms with Crippen molar-refractivity contribution in [3.05, 3.63) is 58.9 Å². The Morgan fingerprint density at radius 3 is 2.75 bits per heavy atom. The summed E-state index contributed by atoms with van der Waals surface area (Å²) in [5, 5.41) is 12.6. The molecule has 0 unspecified atom stereocenters. The highest BCUT2D eigenvalue weighted by Crippen LogP contribution is 2.17. The van der Waals surface area contributed by atoms with E-state index in [0.29, 0.717) is 24.8 Å². The summed E-state index contributed by atoms with van der Waals surface area (Å²) in [5.74, 6) is 0.795. The predicted molar refractivity (Wildman–Crippen MR) is 78.8 cm³/mol. The van der Waals surface area contributed by atoms with Gasteiger partial charge in [0.2, 0.25) is 0 Å². The maximum atomic E-state index is 8.81. The smallest absolute Gasteiger partial charge is 0.129 e. The predicted octanol–water partition coefficient (Wildman–Crippen LogP) is 2.40. The first-order chi connectivity index (χ1) is 9.79. The van der Waals surface area contributed by atoms with Crippen LogP contribution in [0.5, 0.6) is 5.75 Å². The third-order valence-electron chi connectivity index (χ3n) is 2.75. The molecule has 4 nitrogen and oxygen atoms in total. The molecule has 5 heteroatoms. The quantitative estimate of drug-likeness (QED) is 0.770. The largest absolute Gasteiger partial charge is 0.491 e. The lowest BCUT2D eigenvalue weighted by Crippen LogP contribution is -2.14. The molecule has 0 aliphatic carbocycles.